The van der Waals surface area contributed by atoms with E-state index in [-0.39, 0.29) is 5.82 Å². The molecule has 0 N–H and O–H groups in total. The van der Waals surface area contributed by atoms with Gasteiger partial charge in [-0.15, -0.1) is 10.2 Å². The molecule has 1 aromatic carbocycles. The molecule has 0 radical (unpaired) electrons. The predicted molar refractivity (Wildman–Crippen MR) is 75.2 cm³/mol. The fraction of sp³-hybridized carbons (Fsp3) is 0.0667. The fourth-order valence-corrected chi connectivity index (χ4v) is 2.00. The Kier molecular flexibility index (Phi) is 3.16. The molecule has 2 aromatic heterocycles. The van der Waals surface area contributed by atoms with Crippen molar-refractivity contribution < 1.29 is 4.39 Å². The van der Waals surface area contributed by atoms with Gasteiger partial charge in [0, 0.05) is 6.20 Å². The van der Waals surface area contributed by atoms with Crippen LogP contribution in [0, 0.1) is 24.1 Å². The molecule has 3 aromatic rings. The summed E-state index contributed by atoms with van der Waals surface area (Å²) in [6, 6.07) is 11.9. The summed E-state index contributed by atoms with van der Waals surface area (Å²) in [5.41, 5.74) is 2.12. The molecule has 21 heavy (non-hydrogen) atoms. The highest BCUT2D eigenvalue weighted by molar-refractivity contribution is 5.54. The standard InChI is InChI=1S/C15H10FN5/c1-10-15(21-9-12(16)6-7-14(21)18-10)20-19-13-5-3-2-4-11(13)8-17/h2-7,9H,1H3. The Morgan fingerprint density at radius 1 is 1.19 bits per heavy atom. The van der Waals surface area contributed by atoms with E-state index in [1.807, 2.05) is 0 Å². The smallest absolute Gasteiger partial charge is 0.182 e. The number of imidazole rings is 1. The Morgan fingerprint density at radius 3 is 2.81 bits per heavy atom. The Bertz CT molecular complexity index is 889. The topological polar surface area (TPSA) is 65.8 Å². The van der Waals surface area contributed by atoms with Gasteiger partial charge in [-0.2, -0.15) is 5.26 Å². The zero-order valence-corrected chi connectivity index (χ0v) is 11.2. The predicted octanol–water partition coefficient (Wildman–Crippen LogP) is 4.07. The van der Waals surface area contributed by atoms with Gasteiger partial charge in [-0.3, -0.25) is 4.40 Å². The maximum absolute atomic E-state index is 13.3. The lowest BCUT2D eigenvalue weighted by Crippen LogP contribution is -1.85. The van der Waals surface area contributed by atoms with Crippen LogP contribution in [0.1, 0.15) is 11.3 Å². The van der Waals surface area contributed by atoms with E-state index in [9.17, 15) is 4.39 Å². The van der Waals surface area contributed by atoms with E-state index in [0.29, 0.717) is 28.4 Å². The minimum absolute atomic E-state index is 0.381. The van der Waals surface area contributed by atoms with Crippen molar-refractivity contribution in [1.29, 1.82) is 5.26 Å². The molecule has 0 unspecified atom stereocenters. The quantitative estimate of drug-likeness (QED) is 0.664. The van der Waals surface area contributed by atoms with Crippen LogP contribution < -0.4 is 0 Å². The molecule has 0 spiro atoms. The summed E-state index contributed by atoms with van der Waals surface area (Å²) in [5, 5.41) is 17.2. The number of aryl methyl sites for hydroxylation is 1. The largest absolute Gasteiger partial charge is 0.280 e. The summed E-state index contributed by atoms with van der Waals surface area (Å²) in [6.45, 7) is 1.77. The summed E-state index contributed by atoms with van der Waals surface area (Å²) in [7, 11) is 0. The third-order valence-corrected chi connectivity index (χ3v) is 3.00. The normalized spacial score (nSPS) is 11.1. The molecule has 5 nitrogen and oxygen atoms in total. The van der Waals surface area contributed by atoms with Crippen molar-refractivity contribution in [2.45, 2.75) is 6.92 Å². The highest BCUT2D eigenvalue weighted by atomic mass is 19.1. The molecule has 0 saturated heterocycles. The van der Waals surface area contributed by atoms with E-state index in [2.05, 4.69) is 21.3 Å². The molecule has 2 heterocycles. The lowest BCUT2D eigenvalue weighted by atomic mass is 10.2. The third-order valence-electron chi connectivity index (χ3n) is 3.00. The highest BCUT2D eigenvalue weighted by Crippen LogP contribution is 2.25. The fourth-order valence-electron chi connectivity index (χ4n) is 2.00. The first-order valence-electron chi connectivity index (χ1n) is 6.24. The van der Waals surface area contributed by atoms with Crippen LogP contribution in [0.25, 0.3) is 5.65 Å². The van der Waals surface area contributed by atoms with Crippen LogP contribution in [-0.4, -0.2) is 9.38 Å². The van der Waals surface area contributed by atoms with Gasteiger partial charge >= 0.3 is 0 Å². The minimum Gasteiger partial charge on any atom is -0.280 e. The Morgan fingerprint density at radius 2 is 2.00 bits per heavy atom. The number of hydrogen-bond donors (Lipinski definition) is 0. The first kappa shape index (κ1) is 12.9. The number of benzene rings is 1. The molecule has 6 heteroatoms. The van der Waals surface area contributed by atoms with E-state index in [0.717, 1.165) is 0 Å². The van der Waals surface area contributed by atoms with Gasteiger partial charge in [0.1, 0.15) is 23.2 Å². The average Bonchev–Trinajstić information content (AvgIpc) is 2.80. The van der Waals surface area contributed by atoms with E-state index in [1.54, 1.807) is 37.3 Å². The summed E-state index contributed by atoms with van der Waals surface area (Å²) in [6.07, 6.45) is 1.31. The van der Waals surface area contributed by atoms with Crippen molar-refractivity contribution in [3.05, 3.63) is 59.7 Å². The van der Waals surface area contributed by atoms with Gasteiger partial charge in [0.15, 0.2) is 5.82 Å². The van der Waals surface area contributed by atoms with Crippen molar-refractivity contribution in [1.82, 2.24) is 9.38 Å². The van der Waals surface area contributed by atoms with Crippen molar-refractivity contribution in [3.8, 4) is 6.07 Å². The Labute approximate surface area is 120 Å². The van der Waals surface area contributed by atoms with E-state index >= 15 is 0 Å². The molecule has 0 saturated carbocycles. The summed E-state index contributed by atoms with van der Waals surface area (Å²) >= 11 is 0. The average molecular weight is 279 g/mol. The Hall–Kier alpha value is -3.07. The second-order valence-electron chi connectivity index (χ2n) is 4.43. The van der Waals surface area contributed by atoms with Gasteiger partial charge < -0.3 is 0 Å². The summed E-state index contributed by atoms with van der Waals surface area (Å²) < 4.78 is 14.9. The van der Waals surface area contributed by atoms with Crippen LogP contribution in [0.3, 0.4) is 0 Å². The lowest BCUT2D eigenvalue weighted by Gasteiger charge is -1.97. The van der Waals surface area contributed by atoms with E-state index in [4.69, 9.17) is 5.26 Å². The van der Waals surface area contributed by atoms with Gasteiger partial charge in [0.25, 0.3) is 0 Å². The monoisotopic (exact) mass is 279 g/mol. The number of halogens is 1. The third kappa shape index (κ3) is 2.37. The van der Waals surface area contributed by atoms with Gasteiger partial charge in [-0.25, -0.2) is 9.37 Å². The molecule has 0 fully saturated rings. The SMILES string of the molecule is Cc1nc2ccc(F)cn2c1N=Nc1ccccc1C#N. The van der Waals surface area contributed by atoms with Crippen molar-refractivity contribution in [3.63, 3.8) is 0 Å². The molecular formula is C15H10FN5. The molecule has 0 amide bonds. The van der Waals surface area contributed by atoms with Gasteiger partial charge in [-0.05, 0) is 31.2 Å². The number of pyridine rings is 1. The minimum atomic E-state index is -0.381. The van der Waals surface area contributed by atoms with Gasteiger partial charge in [0.2, 0.25) is 0 Å². The first-order valence-corrected chi connectivity index (χ1v) is 6.24. The van der Waals surface area contributed by atoms with Crippen LogP contribution in [0.5, 0.6) is 0 Å². The molecule has 0 aliphatic rings. The number of azo groups is 1. The van der Waals surface area contributed by atoms with Crippen LogP contribution in [0.15, 0.2) is 52.8 Å². The summed E-state index contributed by atoms with van der Waals surface area (Å²) in [5.74, 6) is 0.0611. The number of rotatable bonds is 2. The van der Waals surface area contributed by atoms with Crippen LogP contribution in [0.4, 0.5) is 15.9 Å². The second-order valence-corrected chi connectivity index (χ2v) is 4.43. The number of hydrogen-bond acceptors (Lipinski definition) is 4. The first-order chi connectivity index (χ1) is 10.2. The molecule has 102 valence electrons. The van der Waals surface area contributed by atoms with E-state index < -0.39 is 0 Å². The zero-order valence-electron chi connectivity index (χ0n) is 11.2. The van der Waals surface area contributed by atoms with Gasteiger partial charge in [-0.1, -0.05) is 12.1 Å². The second kappa shape index (κ2) is 5.13. The van der Waals surface area contributed by atoms with E-state index in [1.165, 1.54) is 16.7 Å². The maximum Gasteiger partial charge on any atom is 0.182 e. The molecule has 0 bridgehead atoms. The van der Waals surface area contributed by atoms with Crippen molar-refractivity contribution >= 4 is 17.2 Å². The lowest BCUT2D eigenvalue weighted by molar-refractivity contribution is 0.619. The number of nitrogens with zero attached hydrogens (tertiary/aromatic N) is 5. The molecular weight excluding hydrogens is 269 g/mol. The highest BCUT2D eigenvalue weighted by Gasteiger charge is 2.09. The molecule has 3 rings (SSSR count). The molecule has 0 aliphatic carbocycles. The van der Waals surface area contributed by atoms with Crippen molar-refractivity contribution in [2.75, 3.05) is 0 Å². The number of nitriles is 1. The maximum atomic E-state index is 13.3. The number of aromatic nitrogens is 2. The molecule has 0 atom stereocenters. The zero-order chi connectivity index (χ0) is 14.8. The molecule has 0 aliphatic heterocycles. The summed E-state index contributed by atoms with van der Waals surface area (Å²) in [4.78, 5) is 4.29. The Balaban J connectivity index is 2.09. The van der Waals surface area contributed by atoms with Gasteiger partial charge in [0.05, 0.1) is 11.3 Å². The van der Waals surface area contributed by atoms with Crippen LogP contribution >= 0.6 is 0 Å². The van der Waals surface area contributed by atoms with Crippen LogP contribution in [0.2, 0.25) is 0 Å². The number of fused-ring (bicyclic) bond motifs is 1. The van der Waals surface area contributed by atoms with Crippen molar-refractivity contribution in [2.24, 2.45) is 10.2 Å². The van der Waals surface area contributed by atoms with Crippen LogP contribution in [-0.2, 0) is 0 Å².